The predicted molar refractivity (Wildman–Crippen MR) is 91.4 cm³/mol. The zero-order valence-corrected chi connectivity index (χ0v) is 13.7. The van der Waals surface area contributed by atoms with Crippen LogP contribution < -0.4 is 5.32 Å². The van der Waals surface area contributed by atoms with E-state index in [0.717, 1.165) is 23.8 Å². The summed E-state index contributed by atoms with van der Waals surface area (Å²) in [6.45, 7) is 4.32. The number of carbonyl (C=O) groups is 1. The molecule has 2 aliphatic rings. The third kappa shape index (κ3) is 3.43. The maximum atomic E-state index is 12.1. The van der Waals surface area contributed by atoms with Crippen molar-refractivity contribution in [2.45, 2.75) is 52.0 Å². The number of fused-ring (bicyclic) bond motifs is 2. The number of hydrogen-bond donors (Lipinski definition) is 1. The molecule has 3 rings (SSSR count). The summed E-state index contributed by atoms with van der Waals surface area (Å²) in [5, 5.41) is 3.17. The molecule has 1 amide bonds. The molecule has 2 aliphatic carbocycles. The molecule has 2 bridgehead atoms. The van der Waals surface area contributed by atoms with Crippen molar-refractivity contribution in [1.29, 1.82) is 0 Å². The molecule has 2 fully saturated rings. The molecule has 1 aromatic carbocycles. The summed E-state index contributed by atoms with van der Waals surface area (Å²) in [5.41, 5.74) is 2.41. The fourth-order valence-electron chi connectivity index (χ4n) is 4.32. The largest absolute Gasteiger partial charge is 0.350 e. The van der Waals surface area contributed by atoms with Crippen molar-refractivity contribution in [3.63, 3.8) is 0 Å². The summed E-state index contributed by atoms with van der Waals surface area (Å²) in [5.74, 6) is 2.52. The van der Waals surface area contributed by atoms with Crippen LogP contribution in [-0.2, 0) is 11.2 Å². The van der Waals surface area contributed by atoms with Crippen LogP contribution in [0.1, 0.15) is 50.7 Å². The highest BCUT2D eigenvalue weighted by Gasteiger charge is 2.41. The van der Waals surface area contributed by atoms with Gasteiger partial charge in [-0.3, -0.25) is 4.79 Å². The van der Waals surface area contributed by atoms with Gasteiger partial charge in [0.05, 0.1) is 0 Å². The van der Waals surface area contributed by atoms with Crippen LogP contribution in [0.5, 0.6) is 0 Å². The normalized spacial score (nSPS) is 28.2. The molecular weight excluding hydrogens is 270 g/mol. The first-order valence-corrected chi connectivity index (χ1v) is 8.73. The Morgan fingerprint density at radius 3 is 2.64 bits per heavy atom. The second-order valence-electron chi connectivity index (χ2n) is 7.06. The number of carbonyl (C=O) groups excluding carboxylic acids is 1. The molecule has 22 heavy (non-hydrogen) atoms. The molecule has 0 heterocycles. The zero-order chi connectivity index (χ0) is 15.5. The Morgan fingerprint density at radius 1 is 1.27 bits per heavy atom. The van der Waals surface area contributed by atoms with E-state index < -0.39 is 0 Å². The zero-order valence-electron chi connectivity index (χ0n) is 13.7. The van der Waals surface area contributed by atoms with Gasteiger partial charge in [-0.15, -0.1) is 0 Å². The van der Waals surface area contributed by atoms with E-state index in [1.54, 1.807) is 6.08 Å². The Hall–Kier alpha value is -1.57. The van der Waals surface area contributed by atoms with Crippen LogP contribution in [0.3, 0.4) is 0 Å². The molecule has 0 unspecified atom stereocenters. The first-order valence-electron chi connectivity index (χ1n) is 8.73. The van der Waals surface area contributed by atoms with Crippen LogP contribution in [0.15, 0.2) is 30.3 Å². The maximum Gasteiger partial charge on any atom is 0.244 e. The Kier molecular flexibility index (Phi) is 4.66. The van der Waals surface area contributed by atoms with Crippen LogP contribution in [0.25, 0.3) is 6.08 Å². The van der Waals surface area contributed by atoms with E-state index in [2.05, 4.69) is 43.4 Å². The van der Waals surface area contributed by atoms with Crippen LogP contribution in [0.2, 0.25) is 0 Å². The minimum atomic E-state index is 0.0369. The van der Waals surface area contributed by atoms with Crippen molar-refractivity contribution >= 4 is 12.0 Å². The predicted octanol–water partition coefficient (Wildman–Crippen LogP) is 4.20. The topological polar surface area (TPSA) is 29.1 Å². The highest BCUT2D eigenvalue weighted by atomic mass is 16.1. The van der Waals surface area contributed by atoms with E-state index >= 15 is 0 Å². The minimum Gasteiger partial charge on any atom is -0.350 e. The third-order valence-electron chi connectivity index (χ3n) is 5.62. The second kappa shape index (κ2) is 6.68. The molecule has 0 saturated heterocycles. The number of nitrogens with one attached hydrogen (secondary N) is 1. The van der Waals surface area contributed by atoms with Gasteiger partial charge in [-0.25, -0.2) is 0 Å². The number of benzene rings is 1. The molecule has 2 heteroatoms. The average molecular weight is 297 g/mol. The fraction of sp³-hybridized carbons (Fsp3) is 0.550. The highest BCUT2D eigenvalue weighted by molar-refractivity contribution is 5.91. The average Bonchev–Trinajstić information content (AvgIpc) is 3.16. The molecule has 2 nitrogen and oxygen atoms in total. The summed E-state index contributed by atoms with van der Waals surface area (Å²) >= 11 is 0. The van der Waals surface area contributed by atoms with Crippen LogP contribution in [-0.4, -0.2) is 11.9 Å². The molecule has 2 saturated carbocycles. The maximum absolute atomic E-state index is 12.1. The Bertz CT molecular complexity index is 545. The van der Waals surface area contributed by atoms with E-state index in [0.29, 0.717) is 12.0 Å². The Balaban J connectivity index is 1.52. The molecule has 118 valence electrons. The molecule has 0 aromatic heterocycles. The van der Waals surface area contributed by atoms with Crippen LogP contribution >= 0.6 is 0 Å². The van der Waals surface area contributed by atoms with Gasteiger partial charge < -0.3 is 5.32 Å². The summed E-state index contributed by atoms with van der Waals surface area (Å²) in [7, 11) is 0. The first kappa shape index (κ1) is 15.3. The van der Waals surface area contributed by atoms with Crippen LogP contribution in [0.4, 0.5) is 0 Å². The van der Waals surface area contributed by atoms with Crippen molar-refractivity contribution in [3.05, 3.63) is 41.5 Å². The fourth-order valence-corrected chi connectivity index (χ4v) is 4.32. The molecule has 0 radical (unpaired) electrons. The number of amides is 1. The van der Waals surface area contributed by atoms with Gasteiger partial charge in [0.25, 0.3) is 0 Å². The van der Waals surface area contributed by atoms with E-state index in [9.17, 15) is 4.79 Å². The van der Waals surface area contributed by atoms with E-state index in [4.69, 9.17) is 0 Å². The standard InChI is InChI=1S/C20H27NO/c1-3-15-4-6-16(7-5-15)9-11-20(22)21-14(2)19-13-17-8-10-18(19)12-17/h4-7,9,11,14,17-19H,3,8,10,12-13H2,1-2H3,(H,21,22)/b11-9+/t14-,17+,18+,19+/m1/s1. The van der Waals surface area contributed by atoms with Crippen molar-refractivity contribution in [3.8, 4) is 0 Å². The van der Waals surface area contributed by atoms with Gasteiger partial charge >= 0.3 is 0 Å². The molecule has 0 aliphatic heterocycles. The Labute approximate surface area is 134 Å². The smallest absolute Gasteiger partial charge is 0.244 e. The first-order chi connectivity index (χ1) is 10.7. The SMILES string of the molecule is CCc1ccc(/C=C/C(=O)N[C@H](C)[C@@H]2C[C@H]3CC[C@H]2C3)cc1. The molecule has 4 atom stereocenters. The number of rotatable bonds is 5. The lowest BCUT2D eigenvalue weighted by Crippen LogP contribution is -2.39. The van der Waals surface area contributed by atoms with Gasteiger partial charge in [-0.05, 0) is 67.6 Å². The summed E-state index contributed by atoms with van der Waals surface area (Å²) in [6.07, 6.45) is 10.1. The minimum absolute atomic E-state index is 0.0369. The molecular formula is C20H27NO. The van der Waals surface area contributed by atoms with Crippen molar-refractivity contribution in [1.82, 2.24) is 5.32 Å². The van der Waals surface area contributed by atoms with Gasteiger partial charge in [0, 0.05) is 12.1 Å². The van der Waals surface area contributed by atoms with Gasteiger partial charge in [-0.1, -0.05) is 37.6 Å². The lowest BCUT2D eigenvalue weighted by atomic mass is 9.84. The number of aryl methyl sites for hydroxylation is 1. The summed E-state index contributed by atoms with van der Waals surface area (Å²) in [4.78, 5) is 12.1. The van der Waals surface area contributed by atoms with Crippen molar-refractivity contribution < 1.29 is 4.79 Å². The molecule has 0 spiro atoms. The van der Waals surface area contributed by atoms with Crippen molar-refractivity contribution in [2.75, 3.05) is 0 Å². The van der Waals surface area contributed by atoms with E-state index in [1.165, 1.54) is 31.2 Å². The van der Waals surface area contributed by atoms with Gasteiger partial charge in [0.15, 0.2) is 0 Å². The monoisotopic (exact) mass is 297 g/mol. The van der Waals surface area contributed by atoms with E-state index in [-0.39, 0.29) is 5.91 Å². The second-order valence-corrected chi connectivity index (χ2v) is 7.06. The highest BCUT2D eigenvalue weighted by Crippen LogP contribution is 2.49. The summed E-state index contributed by atoms with van der Waals surface area (Å²) < 4.78 is 0. The van der Waals surface area contributed by atoms with Crippen molar-refractivity contribution in [2.24, 2.45) is 17.8 Å². The summed E-state index contributed by atoms with van der Waals surface area (Å²) in [6, 6.07) is 8.68. The molecule has 1 N–H and O–H groups in total. The number of hydrogen-bond acceptors (Lipinski definition) is 1. The lowest BCUT2D eigenvalue weighted by molar-refractivity contribution is -0.117. The molecule has 1 aromatic rings. The third-order valence-corrected chi connectivity index (χ3v) is 5.62. The quantitative estimate of drug-likeness (QED) is 0.811. The van der Waals surface area contributed by atoms with Gasteiger partial charge in [-0.2, -0.15) is 0 Å². The van der Waals surface area contributed by atoms with Crippen LogP contribution in [0, 0.1) is 17.8 Å². The van der Waals surface area contributed by atoms with E-state index in [1.807, 2.05) is 6.08 Å². The van der Waals surface area contributed by atoms with Gasteiger partial charge in [0.2, 0.25) is 5.91 Å². The Morgan fingerprint density at radius 2 is 2.05 bits per heavy atom. The van der Waals surface area contributed by atoms with Gasteiger partial charge in [0.1, 0.15) is 0 Å². The lowest BCUT2D eigenvalue weighted by Gasteiger charge is -2.28.